The van der Waals surface area contributed by atoms with Gasteiger partial charge in [0.15, 0.2) is 0 Å². The van der Waals surface area contributed by atoms with Gasteiger partial charge in [-0.15, -0.1) is 0 Å². The first-order valence-electron chi connectivity index (χ1n) is 6.81. The molecule has 0 aliphatic heterocycles. The van der Waals surface area contributed by atoms with Crippen LogP contribution in [0.5, 0.6) is 0 Å². The molecule has 0 fully saturated rings. The van der Waals surface area contributed by atoms with Crippen molar-refractivity contribution in [2.75, 3.05) is 11.5 Å². The molecule has 0 nitrogen and oxygen atoms in total. The summed E-state index contributed by atoms with van der Waals surface area (Å²) in [6.07, 6.45) is 0. The van der Waals surface area contributed by atoms with Crippen LogP contribution in [0.1, 0.15) is 38.8 Å². The van der Waals surface area contributed by atoms with Gasteiger partial charge in [-0.25, -0.2) is 0 Å². The molecule has 1 aromatic carbocycles. The molecule has 0 radical (unpaired) electrons. The van der Waals surface area contributed by atoms with Gasteiger partial charge in [0.25, 0.3) is 0 Å². The third-order valence-corrected chi connectivity index (χ3v) is 5.34. The average Bonchev–Trinajstić information content (AvgIpc) is 2.30. The molecule has 0 heterocycles. The minimum Gasteiger partial charge on any atom is -0.157 e. The van der Waals surface area contributed by atoms with Crippen molar-refractivity contribution in [3.63, 3.8) is 0 Å². The van der Waals surface area contributed by atoms with Gasteiger partial charge < -0.3 is 0 Å². The molecule has 0 saturated heterocycles. The van der Waals surface area contributed by atoms with Crippen molar-refractivity contribution in [3.8, 4) is 0 Å². The quantitative estimate of drug-likeness (QED) is 0.620. The predicted octanol–water partition coefficient (Wildman–Crippen LogP) is 5.47. The summed E-state index contributed by atoms with van der Waals surface area (Å²) in [4.78, 5) is 0. The van der Waals surface area contributed by atoms with Crippen LogP contribution < -0.4 is 0 Å². The Hall–Kier alpha value is -0.0800. The second-order valence-electron chi connectivity index (χ2n) is 5.63. The molecule has 1 aromatic rings. The van der Waals surface area contributed by atoms with Crippen molar-refractivity contribution in [1.29, 1.82) is 0 Å². The number of hydrogen-bond donors (Lipinski definition) is 0. The maximum atomic E-state index is 2.29. The highest BCUT2D eigenvalue weighted by atomic mass is 32.2. The normalized spacial score (nSPS) is 11.4. The van der Waals surface area contributed by atoms with Crippen LogP contribution in [0, 0.1) is 11.8 Å². The summed E-state index contributed by atoms with van der Waals surface area (Å²) < 4.78 is 0. The van der Waals surface area contributed by atoms with Crippen molar-refractivity contribution in [2.45, 2.75) is 39.2 Å². The van der Waals surface area contributed by atoms with E-state index in [1.165, 1.54) is 22.6 Å². The molecular formula is C16H26S2. The van der Waals surface area contributed by atoms with Crippen molar-refractivity contribution in [1.82, 2.24) is 0 Å². The number of thioether (sulfide) groups is 2. The maximum Gasteiger partial charge on any atom is 0.0184 e. The first-order chi connectivity index (χ1) is 8.58. The van der Waals surface area contributed by atoms with Crippen LogP contribution in [0.3, 0.4) is 0 Å². The fourth-order valence-electron chi connectivity index (χ4n) is 1.56. The van der Waals surface area contributed by atoms with Gasteiger partial charge in [0.1, 0.15) is 0 Å². The second kappa shape index (κ2) is 8.92. The molecule has 0 spiro atoms. The molecule has 0 aliphatic carbocycles. The summed E-state index contributed by atoms with van der Waals surface area (Å²) in [6.45, 7) is 9.12. The second-order valence-corrected chi connectivity index (χ2v) is 7.69. The molecule has 0 bridgehead atoms. The molecule has 0 aromatic heterocycles. The molecule has 0 N–H and O–H groups in total. The van der Waals surface area contributed by atoms with E-state index < -0.39 is 0 Å². The zero-order valence-electron chi connectivity index (χ0n) is 12.1. The molecule has 0 unspecified atom stereocenters. The average molecular weight is 283 g/mol. The van der Waals surface area contributed by atoms with Crippen molar-refractivity contribution in [2.24, 2.45) is 11.8 Å². The third-order valence-electron chi connectivity index (χ3n) is 2.46. The number of hydrogen-bond acceptors (Lipinski definition) is 2. The first kappa shape index (κ1) is 16.0. The first-order valence-corrected chi connectivity index (χ1v) is 9.12. The SMILES string of the molecule is CC(C)CSCc1ccc(CSCC(C)C)cc1. The number of rotatable bonds is 8. The molecule has 102 valence electrons. The zero-order valence-corrected chi connectivity index (χ0v) is 13.7. The van der Waals surface area contributed by atoms with Crippen LogP contribution in [-0.2, 0) is 11.5 Å². The molecule has 1 rings (SSSR count). The highest BCUT2D eigenvalue weighted by molar-refractivity contribution is 7.98. The van der Waals surface area contributed by atoms with Crippen LogP contribution >= 0.6 is 23.5 Å². The molecule has 0 saturated carbocycles. The van der Waals surface area contributed by atoms with E-state index in [1.54, 1.807) is 0 Å². The van der Waals surface area contributed by atoms with Gasteiger partial charge in [-0.2, -0.15) is 23.5 Å². The lowest BCUT2D eigenvalue weighted by Gasteiger charge is -2.07. The fraction of sp³-hybridized carbons (Fsp3) is 0.625. The lowest BCUT2D eigenvalue weighted by Crippen LogP contribution is -1.93. The zero-order chi connectivity index (χ0) is 13.4. The molecule has 0 aliphatic rings. The van der Waals surface area contributed by atoms with E-state index in [1.807, 2.05) is 23.5 Å². The minimum atomic E-state index is 0.793. The van der Waals surface area contributed by atoms with E-state index >= 15 is 0 Å². The van der Waals surface area contributed by atoms with E-state index in [9.17, 15) is 0 Å². The largest absolute Gasteiger partial charge is 0.157 e. The molecule has 0 amide bonds. The Labute approximate surface area is 121 Å². The van der Waals surface area contributed by atoms with Gasteiger partial charge in [-0.05, 0) is 34.5 Å². The monoisotopic (exact) mass is 282 g/mol. The van der Waals surface area contributed by atoms with Gasteiger partial charge in [0.2, 0.25) is 0 Å². The third kappa shape index (κ3) is 7.38. The molecule has 0 atom stereocenters. The van der Waals surface area contributed by atoms with E-state index in [0.29, 0.717) is 0 Å². The highest BCUT2D eigenvalue weighted by Gasteiger charge is 1.99. The predicted molar refractivity (Wildman–Crippen MR) is 88.4 cm³/mol. The van der Waals surface area contributed by atoms with Crippen LogP contribution in [0.4, 0.5) is 0 Å². The van der Waals surface area contributed by atoms with Crippen molar-refractivity contribution in [3.05, 3.63) is 35.4 Å². The Kier molecular flexibility index (Phi) is 7.92. The Morgan fingerprint density at radius 1 is 0.722 bits per heavy atom. The highest BCUT2D eigenvalue weighted by Crippen LogP contribution is 2.19. The summed E-state index contributed by atoms with van der Waals surface area (Å²) in [5.41, 5.74) is 2.91. The summed E-state index contributed by atoms with van der Waals surface area (Å²) in [5, 5.41) is 0. The Morgan fingerprint density at radius 2 is 1.06 bits per heavy atom. The Morgan fingerprint density at radius 3 is 1.33 bits per heavy atom. The standard InChI is InChI=1S/C16H26S2/c1-13(2)9-17-11-15-5-7-16(8-6-15)12-18-10-14(3)4/h5-8,13-14H,9-12H2,1-4H3. The topological polar surface area (TPSA) is 0 Å². The number of benzene rings is 1. The van der Waals surface area contributed by atoms with Gasteiger partial charge in [-0.3, -0.25) is 0 Å². The van der Waals surface area contributed by atoms with Crippen molar-refractivity contribution >= 4 is 23.5 Å². The minimum absolute atomic E-state index is 0.793. The summed E-state index contributed by atoms with van der Waals surface area (Å²) >= 11 is 4.07. The smallest absolute Gasteiger partial charge is 0.0184 e. The van der Waals surface area contributed by atoms with E-state index in [2.05, 4.69) is 52.0 Å². The van der Waals surface area contributed by atoms with Gasteiger partial charge in [-0.1, -0.05) is 52.0 Å². The lowest BCUT2D eigenvalue weighted by molar-refractivity contribution is 0.750. The van der Waals surface area contributed by atoms with Crippen LogP contribution in [0.25, 0.3) is 0 Å². The fourth-order valence-corrected chi connectivity index (χ4v) is 3.59. The summed E-state index contributed by atoms with van der Waals surface area (Å²) in [6, 6.07) is 9.16. The van der Waals surface area contributed by atoms with Gasteiger partial charge in [0.05, 0.1) is 0 Å². The Bertz CT molecular complexity index is 281. The van der Waals surface area contributed by atoms with E-state index in [-0.39, 0.29) is 0 Å². The van der Waals surface area contributed by atoms with E-state index in [4.69, 9.17) is 0 Å². The van der Waals surface area contributed by atoms with Gasteiger partial charge in [0, 0.05) is 11.5 Å². The van der Waals surface area contributed by atoms with Crippen LogP contribution in [-0.4, -0.2) is 11.5 Å². The molecular weight excluding hydrogens is 256 g/mol. The van der Waals surface area contributed by atoms with E-state index in [0.717, 1.165) is 23.3 Å². The van der Waals surface area contributed by atoms with Crippen LogP contribution in [0.2, 0.25) is 0 Å². The molecule has 18 heavy (non-hydrogen) atoms. The maximum absolute atomic E-state index is 2.29. The van der Waals surface area contributed by atoms with Gasteiger partial charge >= 0.3 is 0 Å². The Balaban J connectivity index is 2.28. The lowest BCUT2D eigenvalue weighted by atomic mass is 10.2. The van der Waals surface area contributed by atoms with Crippen molar-refractivity contribution < 1.29 is 0 Å². The molecule has 2 heteroatoms. The van der Waals surface area contributed by atoms with Crippen LogP contribution in [0.15, 0.2) is 24.3 Å². The summed E-state index contributed by atoms with van der Waals surface area (Å²) in [5.74, 6) is 6.40. The summed E-state index contributed by atoms with van der Waals surface area (Å²) in [7, 11) is 0.